The number of hydrogen-bond acceptors (Lipinski definition) is 6. The smallest absolute Gasteiger partial charge is 0.260 e. The van der Waals surface area contributed by atoms with Crippen LogP contribution in [0.2, 0.25) is 0 Å². The number of rotatable bonds is 10. The summed E-state index contributed by atoms with van der Waals surface area (Å²) in [6.45, 7) is 9.91. The minimum absolute atomic E-state index is 0.182. The van der Waals surface area contributed by atoms with Crippen LogP contribution in [0.5, 0.6) is 0 Å². The SMILES string of the molecule is CCN(CC)S(=O)(=O)c1ccc(C(=O)N(CCCN(C)C)c2nc3cc(C)c(C)cc3s2)cc1. The molecule has 34 heavy (non-hydrogen) atoms. The van der Waals surface area contributed by atoms with Gasteiger partial charge >= 0.3 is 0 Å². The van der Waals surface area contributed by atoms with Gasteiger partial charge < -0.3 is 4.90 Å². The Morgan fingerprint density at radius 2 is 1.59 bits per heavy atom. The summed E-state index contributed by atoms with van der Waals surface area (Å²) in [6, 6.07) is 10.4. The lowest BCUT2D eigenvalue weighted by atomic mass is 10.1. The number of thiazole rings is 1. The zero-order valence-electron chi connectivity index (χ0n) is 20.8. The normalized spacial score (nSPS) is 12.1. The van der Waals surface area contributed by atoms with Gasteiger partial charge in [-0.2, -0.15) is 4.31 Å². The molecular formula is C25H34N4O3S2. The maximum atomic E-state index is 13.6. The fourth-order valence-electron chi connectivity index (χ4n) is 3.75. The standard InChI is InChI=1S/C25H34N4O3S2/c1-7-28(8-2)34(31,32)21-12-10-20(11-13-21)24(30)29(15-9-14-27(5)6)25-26-22-16-18(3)19(4)17-23(22)33-25/h10-13,16-17H,7-9,14-15H2,1-6H3. The summed E-state index contributed by atoms with van der Waals surface area (Å²) in [6.07, 6.45) is 0.793. The number of benzene rings is 2. The summed E-state index contributed by atoms with van der Waals surface area (Å²) in [5, 5.41) is 0.656. The fraction of sp³-hybridized carbons (Fsp3) is 0.440. The Morgan fingerprint density at radius 1 is 0.971 bits per heavy atom. The van der Waals surface area contributed by atoms with Crippen molar-refractivity contribution in [2.75, 3.05) is 45.2 Å². The van der Waals surface area contributed by atoms with Gasteiger partial charge in [-0.05, 0) is 88.4 Å². The molecule has 1 heterocycles. The first kappa shape index (κ1) is 26.3. The highest BCUT2D eigenvalue weighted by molar-refractivity contribution is 7.89. The maximum Gasteiger partial charge on any atom is 0.260 e. The van der Waals surface area contributed by atoms with Gasteiger partial charge in [0.2, 0.25) is 10.0 Å². The number of hydrogen-bond donors (Lipinski definition) is 0. The number of carbonyl (C=O) groups excluding carboxylic acids is 1. The van der Waals surface area contributed by atoms with Crippen molar-refractivity contribution in [3.05, 3.63) is 53.1 Å². The summed E-state index contributed by atoms with van der Waals surface area (Å²) in [5.41, 5.74) is 3.68. The fourth-order valence-corrected chi connectivity index (χ4v) is 6.28. The molecule has 3 aromatic rings. The Labute approximate surface area is 207 Å². The van der Waals surface area contributed by atoms with Gasteiger partial charge in [0, 0.05) is 25.2 Å². The molecule has 0 aliphatic carbocycles. The average molecular weight is 503 g/mol. The van der Waals surface area contributed by atoms with Crippen LogP contribution < -0.4 is 4.90 Å². The molecule has 0 fully saturated rings. The maximum absolute atomic E-state index is 13.6. The minimum Gasteiger partial charge on any atom is -0.309 e. The molecule has 0 atom stereocenters. The molecule has 184 valence electrons. The van der Waals surface area contributed by atoms with Gasteiger partial charge in [-0.15, -0.1) is 0 Å². The van der Waals surface area contributed by atoms with Crippen molar-refractivity contribution in [1.82, 2.24) is 14.2 Å². The van der Waals surface area contributed by atoms with Gasteiger partial charge in [0.25, 0.3) is 5.91 Å². The topological polar surface area (TPSA) is 73.8 Å². The summed E-state index contributed by atoms with van der Waals surface area (Å²) in [5.74, 6) is -0.182. The van der Waals surface area contributed by atoms with Crippen molar-refractivity contribution in [3.8, 4) is 0 Å². The van der Waals surface area contributed by atoms with E-state index in [1.807, 2.05) is 27.9 Å². The summed E-state index contributed by atoms with van der Waals surface area (Å²) in [7, 11) is 0.436. The molecule has 0 unspecified atom stereocenters. The van der Waals surface area contributed by atoms with E-state index in [1.165, 1.54) is 38.9 Å². The van der Waals surface area contributed by atoms with E-state index in [4.69, 9.17) is 4.98 Å². The lowest BCUT2D eigenvalue weighted by Crippen LogP contribution is -2.33. The van der Waals surface area contributed by atoms with E-state index in [1.54, 1.807) is 17.0 Å². The molecule has 0 aliphatic heterocycles. The number of sulfonamides is 1. The molecule has 0 saturated heterocycles. The van der Waals surface area contributed by atoms with Crippen molar-refractivity contribution in [2.24, 2.45) is 0 Å². The monoisotopic (exact) mass is 502 g/mol. The van der Waals surface area contributed by atoms with E-state index in [0.29, 0.717) is 30.3 Å². The number of carbonyl (C=O) groups is 1. The first-order valence-corrected chi connectivity index (χ1v) is 13.8. The molecule has 1 amide bonds. The molecule has 0 bridgehead atoms. The van der Waals surface area contributed by atoms with Crippen molar-refractivity contribution in [2.45, 2.75) is 39.0 Å². The Bertz CT molecular complexity index is 1210. The molecule has 0 aliphatic rings. The predicted octanol–water partition coefficient (Wildman–Crippen LogP) is 4.54. The zero-order valence-corrected chi connectivity index (χ0v) is 22.5. The van der Waals surface area contributed by atoms with Crippen LogP contribution in [-0.4, -0.2) is 68.8 Å². The van der Waals surface area contributed by atoms with Crippen LogP contribution in [0.4, 0.5) is 5.13 Å². The molecule has 0 radical (unpaired) electrons. The van der Waals surface area contributed by atoms with Crippen LogP contribution in [0.1, 0.15) is 41.8 Å². The van der Waals surface area contributed by atoms with Crippen LogP contribution in [0, 0.1) is 13.8 Å². The molecule has 3 rings (SSSR count). The van der Waals surface area contributed by atoms with Gasteiger partial charge in [-0.1, -0.05) is 25.2 Å². The third kappa shape index (κ3) is 5.66. The molecule has 9 heteroatoms. The van der Waals surface area contributed by atoms with Crippen LogP contribution >= 0.6 is 11.3 Å². The predicted molar refractivity (Wildman–Crippen MR) is 140 cm³/mol. The molecule has 2 aromatic carbocycles. The second-order valence-electron chi connectivity index (χ2n) is 8.63. The lowest BCUT2D eigenvalue weighted by Gasteiger charge is -2.22. The van der Waals surface area contributed by atoms with Crippen molar-refractivity contribution in [3.63, 3.8) is 0 Å². The van der Waals surface area contributed by atoms with Crippen LogP contribution in [0.25, 0.3) is 10.2 Å². The van der Waals surface area contributed by atoms with Gasteiger partial charge in [-0.25, -0.2) is 13.4 Å². The number of fused-ring (bicyclic) bond motifs is 1. The van der Waals surface area contributed by atoms with E-state index in [9.17, 15) is 13.2 Å². The van der Waals surface area contributed by atoms with Gasteiger partial charge in [0.15, 0.2) is 5.13 Å². The number of nitrogens with zero attached hydrogens (tertiary/aromatic N) is 4. The second kappa shape index (κ2) is 10.9. The Kier molecular flexibility index (Phi) is 8.46. The van der Waals surface area contributed by atoms with Crippen LogP contribution in [0.15, 0.2) is 41.3 Å². The number of aromatic nitrogens is 1. The van der Waals surface area contributed by atoms with E-state index in [-0.39, 0.29) is 10.8 Å². The molecule has 0 N–H and O–H groups in total. The number of amides is 1. The lowest BCUT2D eigenvalue weighted by molar-refractivity contribution is 0.0986. The Balaban J connectivity index is 1.94. The molecule has 0 spiro atoms. The third-order valence-corrected chi connectivity index (χ3v) is 9.01. The van der Waals surface area contributed by atoms with E-state index >= 15 is 0 Å². The van der Waals surface area contributed by atoms with Crippen molar-refractivity contribution < 1.29 is 13.2 Å². The van der Waals surface area contributed by atoms with Crippen molar-refractivity contribution >= 4 is 42.6 Å². The summed E-state index contributed by atoms with van der Waals surface area (Å²) in [4.78, 5) is 22.3. The van der Waals surface area contributed by atoms with E-state index in [2.05, 4.69) is 30.9 Å². The molecule has 7 nitrogen and oxygen atoms in total. The molecule has 0 saturated carbocycles. The van der Waals surface area contributed by atoms with Gasteiger partial charge in [0.1, 0.15) is 0 Å². The third-order valence-electron chi connectivity index (χ3n) is 5.90. The first-order chi connectivity index (χ1) is 16.1. The Hall–Kier alpha value is -2.33. The number of anilines is 1. The van der Waals surface area contributed by atoms with Gasteiger partial charge in [0.05, 0.1) is 15.1 Å². The van der Waals surface area contributed by atoms with E-state index in [0.717, 1.165) is 23.2 Å². The van der Waals surface area contributed by atoms with E-state index < -0.39 is 10.0 Å². The van der Waals surface area contributed by atoms with Crippen LogP contribution in [0.3, 0.4) is 0 Å². The highest BCUT2D eigenvalue weighted by Gasteiger charge is 2.24. The molecule has 1 aromatic heterocycles. The number of aryl methyl sites for hydroxylation is 2. The second-order valence-corrected chi connectivity index (χ2v) is 11.6. The Morgan fingerprint density at radius 3 is 2.18 bits per heavy atom. The largest absolute Gasteiger partial charge is 0.309 e. The zero-order chi connectivity index (χ0) is 25.0. The molecular weight excluding hydrogens is 468 g/mol. The minimum atomic E-state index is -3.57. The highest BCUT2D eigenvalue weighted by Crippen LogP contribution is 2.32. The van der Waals surface area contributed by atoms with Crippen molar-refractivity contribution in [1.29, 1.82) is 0 Å². The van der Waals surface area contributed by atoms with Crippen LogP contribution in [-0.2, 0) is 10.0 Å². The highest BCUT2D eigenvalue weighted by atomic mass is 32.2. The first-order valence-electron chi connectivity index (χ1n) is 11.5. The van der Waals surface area contributed by atoms with Gasteiger partial charge in [-0.3, -0.25) is 9.69 Å². The average Bonchev–Trinajstić information content (AvgIpc) is 3.19. The summed E-state index contributed by atoms with van der Waals surface area (Å²) < 4.78 is 28.1. The summed E-state index contributed by atoms with van der Waals surface area (Å²) >= 11 is 1.51. The quantitative estimate of drug-likeness (QED) is 0.407.